The highest BCUT2D eigenvalue weighted by Gasteiger charge is 2.51. The van der Waals surface area contributed by atoms with Crippen LogP contribution in [0.15, 0.2) is 66.2 Å². The Hall–Kier alpha value is -3.16. The number of amides is 2. The smallest absolute Gasteiger partial charge is 0.247 e. The minimum absolute atomic E-state index is 0.00998. The first-order valence-electron chi connectivity index (χ1n) is 13.9. The molecule has 4 aliphatic rings. The Balaban J connectivity index is 1.35. The van der Waals surface area contributed by atoms with Gasteiger partial charge in [-0.2, -0.15) is 0 Å². The van der Waals surface area contributed by atoms with Crippen molar-refractivity contribution in [2.75, 3.05) is 13.2 Å². The third-order valence-corrected chi connectivity index (χ3v) is 9.07. The number of hydrogen-bond acceptors (Lipinski definition) is 5. The molecule has 0 radical (unpaired) electrons. The van der Waals surface area contributed by atoms with Crippen molar-refractivity contribution in [2.45, 2.75) is 62.8 Å². The van der Waals surface area contributed by atoms with Crippen LogP contribution >= 0.6 is 0 Å². The maximum Gasteiger partial charge on any atom is 0.247 e. The lowest BCUT2D eigenvalue weighted by molar-refractivity contribution is -0.139. The molecule has 38 heavy (non-hydrogen) atoms. The molecule has 2 amide bonds. The molecule has 2 aromatic carbocycles. The summed E-state index contributed by atoms with van der Waals surface area (Å²) in [6.45, 7) is 0.295. The molecule has 3 unspecified atom stereocenters. The van der Waals surface area contributed by atoms with E-state index in [1.54, 1.807) is 11.0 Å². The molecule has 3 N–H and O–H groups in total. The minimum Gasteiger partial charge on any atom is -0.486 e. The zero-order valence-electron chi connectivity index (χ0n) is 21.5. The summed E-state index contributed by atoms with van der Waals surface area (Å²) in [6, 6.07) is 16.6. The summed E-state index contributed by atoms with van der Waals surface area (Å²) in [4.78, 5) is 29.1. The van der Waals surface area contributed by atoms with Crippen molar-refractivity contribution in [3.05, 3.63) is 77.4 Å². The molecule has 200 valence electrons. The zero-order chi connectivity index (χ0) is 26.2. The molecule has 2 bridgehead atoms. The van der Waals surface area contributed by atoms with Gasteiger partial charge < -0.3 is 25.2 Å². The summed E-state index contributed by atoms with van der Waals surface area (Å²) >= 11 is 0. The van der Waals surface area contributed by atoms with Gasteiger partial charge in [-0.3, -0.25) is 9.59 Å². The van der Waals surface area contributed by atoms with Gasteiger partial charge in [0.05, 0.1) is 18.6 Å². The number of ether oxygens (including phenoxy) is 1. The Bertz CT molecular complexity index is 1210. The fourth-order valence-electron chi connectivity index (χ4n) is 7.30. The van der Waals surface area contributed by atoms with Crippen molar-refractivity contribution < 1.29 is 24.5 Å². The molecule has 7 nitrogen and oxygen atoms in total. The van der Waals surface area contributed by atoms with Gasteiger partial charge >= 0.3 is 0 Å². The van der Waals surface area contributed by atoms with Gasteiger partial charge in [0.2, 0.25) is 11.8 Å². The summed E-state index contributed by atoms with van der Waals surface area (Å²) in [5.74, 6) is 1.64. The molecule has 0 aromatic heterocycles. The number of nitrogens with zero attached hydrogens (tertiary/aromatic N) is 1. The minimum atomic E-state index is -1.01. The number of para-hydroxylation sites is 1. The van der Waals surface area contributed by atoms with Crippen LogP contribution in [-0.4, -0.2) is 58.3 Å². The number of aliphatic hydroxyl groups excluding tert-OH is 2. The van der Waals surface area contributed by atoms with E-state index in [9.17, 15) is 19.8 Å². The molecule has 1 heterocycles. The second-order valence-corrected chi connectivity index (χ2v) is 11.3. The average molecular weight is 517 g/mol. The molecule has 0 spiro atoms. The quantitative estimate of drug-likeness (QED) is 0.501. The number of benzene rings is 2. The molecule has 7 heteroatoms. The van der Waals surface area contributed by atoms with Crippen molar-refractivity contribution >= 4 is 11.8 Å². The van der Waals surface area contributed by atoms with Gasteiger partial charge in [0, 0.05) is 30.6 Å². The summed E-state index contributed by atoms with van der Waals surface area (Å²) in [6.07, 6.45) is 5.36. The Labute approximate surface area is 223 Å². The van der Waals surface area contributed by atoms with Crippen LogP contribution in [0.2, 0.25) is 0 Å². The summed E-state index contributed by atoms with van der Waals surface area (Å²) in [5, 5.41) is 23.8. The molecule has 2 saturated carbocycles. The highest BCUT2D eigenvalue weighted by atomic mass is 16.5. The SMILES string of the molecule is O=C(NCCO)C1=C[C@@H](N(Cc2ccccc2)C(=O)CC2CC3CCC2C3)[C@H](O)[C@H]2Oc3ccccc3[C@@H]12. The van der Waals surface area contributed by atoms with E-state index in [4.69, 9.17) is 4.74 Å². The van der Waals surface area contributed by atoms with Crippen LogP contribution in [0, 0.1) is 17.8 Å². The van der Waals surface area contributed by atoms with Crippen molar-refractivity contribution in [1.29, 1.82) is 0 Å². The summed E-state index contributed by atoms with van der Waals surface area (Å²) in [5.41, 5.74) is 2.29. The van der Waals surface area contributed by atoms with E-state index in [1.165, 1.54) is 19.3 Å². The first-order chi connectivity index (χ1) is 18.5. The first kappa shape index (κ1) is 25.1. The van der Waals surface area contributed by atoms with E-state index in [0.717, 1.165) is 23.5 Å². The first-order valence-corrected chi connectivity index (χ1v) is 13.9. The Morgan fingerprint density at radius 2 is 1.82 bits per heavy atom. The molecule has 0 saturated heterocycles. The van der Waals surface area contributed by atoms with Crippen LogP contribution in [0.25, 0.3) is 0 Å². The van der Waals surface area contributed by atoms with Crippen molar-refractivity contribution in [1.82, 2.24) is 10.2 Å². The largest absolute Gasteiger partial charge is 0.486 e. The molecule has 6 rings (SSSR count). The molecule has 3 aliphatic carbocycles. The zero-order valence-corrected chi connectivity index (χ0v) is 21.5. The van der Waals surface area contributed by atoms with E-state index < -0.39 is 24.2 Å². The number of carbonyl (C=O) groups excluding carboxylic acids is 2. The van der Waals surface area contributed by atoms with Crippen LogP contribution in [0.5, 0.6) is 5.75 Å². The van der Waals surface area contributed by atoms with Crippen LogP contribution in [-0.2, 0) is 16.1 Å². The molecular formula is C31H36N2O5. The van der Waals surface area contributed by atoms with Crippen LogP contribution in [0.4, 0.5) is 0 Å². The molecule has 7 atom stereocenters. The Kier molecular flexibility index (Phi) is 6.97. The van der Waals surface area contributed by atoms with E-state index in [2.05, 4.69) is 5.32 Å². The topological polar surface area (TPSA) is 99.1 Å². The molecular weight excluding hydrogens is 480 g/mol. The van der Waals surface area contributed by atoms with Gasteiger partial charge in [0.1, 0.15) is 18.0 Å². The van der Waals surface area contributed by atoms with Gasteiger partial charge in [-0.25, -0.2) is 0 Å². The van der Waals surface area contributed by atoms with E-state index in [0.29, 0.717) is 36.1 Å². The number of fused-ring (bicyclic) bond motifs is 5. The van der Waals surface area contributed by atoms with Gasteiger partial charge in [-0.05, 0) is 54.7 Å². The number of carbonyl (C=O) groups is 2. The van der Waals surface area contributed by atoms with Crippen LogP contribution < -0.4 is 10.1 Å². The average Bonchev–Trinajstić information content (AvgIpc) is 3.66. The van der Waals surface area contributed by atoms with Gasteiger partial charge in [-0.15, -0.1) is 0 Å². The van der Waals surface area contributed by atoms with Gasteiger partial charge in [0.25, 0.3) is 0 Å². The second-order valence-electron chi connectivity index (χ2n) is 11.3. The normalized spacial score (nSPS) is 30.7. The molecule has 2 fully saturated rings. The Morgan fingerprint density at radius 1 is 1.03 bits per heavy atom. The monoisotopic (exact) mass is 516 g/mol. The summed E-state index contributed by atoms with van der Waals surface area (Å²) < 4.78 is 6.23. The highest BCUT2D eigenvalue weighted by Crippen LogP contribution is 2.50. The van der Waals surface area contributed by atoms with Crippen molar-refractivity contribution in [3.63, 3.8) is 0 Å². The van der Waals surface area contributed by atoms with E-state index >= 15 is 0 Å². The summed E-state index contributed by atoms with van der Waals surface area (Å²) in [7, 11) is 0. The van der Waals surface area contributed by atoms with E-state index in [-0.39, 0.29) is 25.0 Å². The third kappa shape index (κ3) is 4.63. The maximum atomic E-state index is 14.0. The lowest BCUT2D eigenvalue weighted by Gasteiger charge is -2.41. The van der Waals surface area contributed by atoms with Gasteiger partial charge in [0.15, 0.2) is 0 Å². The van der Waals surface area contributed by atoms with Crippen molar-refractivity contribution in [2.24, 2.45) is 17.8 Å². The number of nitrogens with one attached hydrogen (secondary N) is 1. The molecule has 1 aliphatic heterocycles. The fraction of sp³-hybridized carbons (Fsp3) is 0.484. The fourth-order valence-corrected chi connectivity index (χ4v) is 7.30. The third-order valence-electron chi connectivity index (χ3n) is 9.07. The number of aliphatic hydroxyl groups is 2. The van der Waals surface area contributed by atoms with E-state index in [1.807, 2.05) is 54.6 Å². The second kappa shape index (κ2) is 10.5. The molecule has 2 aromatic rings. The number of rotatable bonds is 8. The standard InChI is InChI=1S/C31H36N2O5/c34-13-12-32-31(37)24-17-25(29(36)30-28(24)23-8-4-5-9-26(23)38-30)33(18-19-6-2-1-3-7-19)27(35)16-22-15-20-10-11-21(22)14-20/h1-9,17,20-22,25,28-30,34,36H,10-16,18H2,(H,32,37)/t20?,21?,22?,25-,28+,29+,30+/m1/s1. The lowest BCUT2D eigenvalue weighted by atomic mass is 9.77. The van der Waals surface area contributed by atoms with Crippen LogP contribution in [0.3, 0.4) is 0 Å². The Morgan fingerprint density at radius 3 is 2.55 bits per heavy atom. The maximum absolute atomic E-state index is 14.0. The predicted molar refractivity (Wildman–Crippen MR) is 142 cm³/mol. The highest BCUT2D eigenvalue weighted by molar-refractivity contribution is 5.96. The van der Waals surface area contributed by atoms with Gasteiger partial charge in [-0.1, -0.05) is 55.0 Å². The predicted octanol–water partition coefficient (Wildman–Crippen LogP) is 3.16. The van der Waals surface area contributed by atoms with Crippen LogP contribution in [0.1, 0.15) is 49.1 Å². The number of hydrogen-bond donors (Lipinski definition) is 3. The van der Waals surface area contributed by atoms with Crippen molar-refractivity contribution in [3.8, 4) is 5.75 Å². The lowest BCUT2D eigenvalue weighted by Crippen LogP contribution is -2.55.